The van der Waals surface area contributed by atoms with Crippen molar-refractivity contribution in [3.8, 4) is 0 Å². The van der Waals surface area contributed by atoms with Crippen LogP contribution in [0.5, 0.6) is 0 Å². The van der Waals surface area contributed by atoms with E-state index in [4.69, 9.17) is 16.3 Å². The van der Waals surface area contributed by atoms with E-state index in [0.717, 1.165) is 0 Å². The van der Waals surface area contributed by atoms with Crippen molar-refractivity contribution >= 4 is 35.3 Å². The molecule has 0 spiro atoms. The SMILES string of the molecule is C=Nc1ncnc2c1nc(Cl)n2C1OC(CC(C)C)C(O)C1O. The predicted octanol–water partition coefficient (Wildman–Crippen LogP) is 1.48. The van der Waals surface area contributed by atoms with Gasteiger partial charge in [-0.25, -0.2) is 19.9 Å². The van der Waals surface area contributed by atoms with Crippen molar-refractivity contribution < 1.29 is 14.9 Å². The van der Waals surface area contributed by atoms with Crippen LogP contribution in [-0.4, -0.2) is 54.8 Å². The van der Waals surface area contributed by atoms with Gasteiger partial charge in [0.25, 0.3) is 0 Å². The number of imidazole rings is 1. The maximum absolute atomic E-state index is 10.4. The smallest absolute Gasteiger partial charge is 0.207 e. The zero-order valence-corrected chi connectivity index (χ0v) is 13.6. The highest BCUT2D eigenvalue weighted by Gasteiger charge is 2.45. The fourth-order valence-electron chi connectivity index (χ4n) is 2.81. The maximum Gasteiger partial charge on any atom is 0.207 e. The molecule has 0 radical (unpaired) electrons. The summed E-state index contributed by atoms with van der Waals surface area (Å²) in [6, 6.07) is 0. The summed E-state index contributed by atoms with van der Waals surface area (Å²) < 4.78 is 7.28. The summed E-state index contributed by atoms with van der Waals surface area (Å²) in [4.78, 5) is 16.1. The van der Waals surface area contributed by atoms with Crippen LogP contribution in [0.1, 0.15) is 26.5 Å². The molecule has 0 aliphatic carbocycles. The number of hydrogen-bond donors (Lipinski definition) is 2. The summed E-state index contributed by atoms with van der Waals surface area (Å²) >= 11 is 6.19. The van der Waals surface area contributed by atoms with Crippen LogP contribution < -0.4 is 0 Å². The van der Waals surface area contributed by atoms with E-state index >= 15 is 0 Å². The molecular weight excluding hydrogens is 322 g/mol. The summed E-state index contributed by atoms with van der Waals surface area (Å²) in [5, 5.41) is 20.7. The van der Waals surface area contributed by atoms with E-state index in [9.17, 15) is 10.2 Å². The van der Waals surface area contributed by atoms with Crippen LogP contribution >= 0.6 is 11.6 Å². The Balaban J connectivity index is 2.03. The Morgan fingerprint density at radius 3 is 2.78 bits per heavy atom. The van der Waals surface area contributed by atoms with E-state index in [0.29, 0.717) is 29.3 Å². The van der Waals surface area contributed by atoms with Gasteiger partial charge in [-0.05, 0) is 30.7 Å². The summed E-state index contributed by atoms with van der Waals surface area (Å²) in [5.74, 6) is 0.608. The first kappa shape index (κ1) is 16.3. The molecule has 9 heteroatoms. The standard InChI is InChI=1S/C14H18ClN5O3/c1-6(2)4-7-9(21)10(22)13(23-7)20-12-8(19-14(20)15)11(16-3)17-5-18-12/h5-7,9-10,13,21-22H,3-4H2,1-2H3. The zero-order valence-electron chi connectivity index (χ0n) is 12.8. The van der Waals surface area contributed by atoms with E-state index in [-0.39, 0.29) is 5.28 Å². The summed E-state index contributed by atoms with van der Waals surface area (Å²) in [6.45, 7) is 7.47. The lowest BCUT2D eigenvalue weighted by atomic mass is 10.0. The van der Waals surface area contributed by atoms with E-state index < -0.39 is 24.5 Å². The summed E-state index contributed by atoms with van der Waals surface area (Å²) in [7, 11) is 0. The molecule has 4 atom stereocenters. The number of aliphatic hydroxyl groups excluding tert-OH is 2. The molecule has 2 N–H and O–H groups in total. The van der Waals surface area contributed by atoms with Crippen molar-refractivity contribution in [1.29, 1.82) is 0 Å². The maximum atomic E-state index is 10.4. The van der Waals surface area contributed by atoms with Crippen molar-refractivity contribution in [2.75, 3.05) is 0 Å². The Labute approximate surface area is 137 Å². The highest BCUT2D eigenvalue weighted by Crippen LogP contribution is 2.37. The molecule has 0 saturated carbocycles. The normalized spacial score (nSPS) is 27.9. The van der Waals surface area contributed by atoms with Crippen LogP contribution in [0.3, 0.4) is 0 Å². The Hall–Kier alpha value is -1.61. The molecule has 0 amide bonds. The average Bonchev–Trinajstić information content (AvgIpc) is 2.97. The molecule has 1 aliphatic heterocycles. The molecule has 0 bridgehead atoms. The van der Waals surface area contributed by atoms with E-state index in [1.165, 1.54) is 10.9 Å². The van der Waals surface area contributed by atoms with Gasteiger partial charge in [0, 0.05) is 0 Å². The molecule has 2 aromatic rings. The van der Waals surface area contributed by atoms with Crippen LogP contribution in [-0.2, 0) is 4.74 Å². The van der Waals surface area contributed by atoms with Gasteiger partial charge in [0.1, 0.15) is 18.5 Å². The molecule has 3 rings (SSSR count). The lowest BCUT2D eigenvalue weighted by molar-refractivity contribution is -0.0399. The molecule has 0 aromatic carbocycles. The molecule has 1 fully saturated rings. The lowest BCUT2D eigenvalue weighted by Crippen LogP contribution is -2.32. The Bertz CT molecular complexity index is 735. The molecule has 1 saturated heterocycles. The molecule has 8 nitrogen and oxygen atoms in total. The molecule has 124 valence electrons. The van der Waals surface area contributed by atoms with Crippen LogP contribution in [0.25, 0.3) is 11.2 Å². The fourth-order valence-corrected chi connectivity index (χ4v) is 3.07. The van der Waals surface area contributed by atoms with Crippen LogP contribution in [0, 0.1) is 5.92 Å². The number of halogens is 1. The minimum atomic E-state index is -1.14. The highest BCUT2D eigenvalue weighted by molar-refractivity contribution is 6.29. The highest BCUT2D eigenvalue weighted by atomic mass is 35.5. The number of hydrogen-bond acceptors (Lipinski definition) is 7. The number of rotatable bonds is 4. The number of aromatic nitrogens is 4. The third kappa shape index (κ3) is 2.72. The first-order valence-corrected chi connectivity index (χ1v) is 7.68. The minimum Gasteiger partial charge on any atom is -0.388 e. The van der Waals surface area contributed by atoms with E-state index in [1.807, 2.05) is 13.8 Å². The minimum absolute atomic E-state index is 0.0758. The van der Waals surface area contributed by atoms with Gasteiger partial charge in [-0.1, -0.05) is 13.8 Å². The Morgan fingerprint density at radius 1 is 1.39 bits per heavy atom. The van der Waals surface area contributed by atoms with Gasteiger partial charge >= 0.3 is 0 Å². The van der Waals surface area contributed by atoms with Gasteiger partial charge in [-0.3, -0.25) is 4.57 Å². The second kappa shape index (κ2) is 6.12. The van der Waals surface area contributed by atoms with Crippen molar-refractivity contribution in [3.05, 3.63) is 11.6 Å². The number of fused-ring (bicyclic) bond motifs is 1. The van der Waals surface area contributed by atoms with Gasteiger partial charge in [0.2, 0.25) is 5.28 Å². The van der Waals surface area contributed by atoms with Crippen LogP contribution in [0.2, 0.25) is 5.28 Å². The van der Waals surface area contributed by atoms with Crippen LogP contribution in [0.4, 0.5) is 5.82 Å². The molecule has 4 unspecified atom stereocenters. The third-order valence-corrected chi connectivity index (χ3v) is 4.13. The Morgan fingerprint density at radius 2 is 2.13 bits per heavy atom. The van der Waals surface area contributed by atoms with Crippen molar-refractivity contribution in [3.63, 3.8) is 0 Å². The van der Waals surface area contributed by atoms with Gasteiger partial charge in [-0.15, -0.1) is 0 Å². The summed E-state index contributed by atoms with van der Waals surface area (Å²) in [5.41, 5.74) is 0.735. The largest absolute Gasteiger partial charge is 0.388 e. The molecular formula is C14H18ClN5O3. The quantitative estimate of drug-likeness (QED) is 0.645. The molecule has 23 heavy (non-hydrogen) atoms. The predicted molar refractivity (Wildman–Crippen MR) is 84.9 cm³/mol. The lowest BCUT2D eigenvalue weighted by Gasteiger charge is -2.17. The number of nitrogens with zero attached hydrogens (tertiary/aromatic N) is 5. The summed E-state index contributed by atoms with van der Waals surface area (Å²) in [6.07, 6.45) is -1.57. The van der Waals surface area contributed by atoms with Crippen molar-refractivity contribution in [2.45, 2.75) is 44.8 Å². The second-order valence-electron chi connectivity index (χ2n) is 5.95. The second-order valence-corrected chi connectivity index (χ2v) is 6.29. The zero-order chi connectivity index (χ0) is 16.7. The fraction of sp³-hybridized carbons (Fsp3) is 0.571. The van der Waals surface area contributed by atoms with E-state index in [1.54, 1.807) is 0 Å². The Kier molecular flexibility index (Phi) is 4.33. The molecule has 3 heterocycles. The number of ether oxygens (including phenoxy) is 1. The van der Waals surface area contributed by atoms with Gasteiger partial charge in [0.15, 0.2) is 23.2 Å². The molecule has 1 aliphatic rings. The van der Waals surface area contributed by atoms with Crippen LogP contribution in [0.15, 0.2) is 11.3 Å². The third-order valence-electron chi connectivity index (χ3n) is 3.86. The topological polar surface area (TPSA) is 106 Å². The van der Waals surface area contributed by atoms with Gasteiger partial charge in [0.05, 0.1) is 6.10 Å². The first-order valence-electron chi connectivity index (χ1n) is 7.30. The number of aliphatic hydroxyl groups is 2. The monoisotopic (exact) mass is 339 g/mol. The van der Waals surface area contributed by atoms with Gasteiger partial charge in [-0.2, -0.15) is 0 Å². The van der Waals surface area contributed by atoms with Crippen molar-refractivity contribution in [2.24, 2.45) is 10.9 Å². The molecule has 2 aromatic heterocycles. The number of aliphatic imine (C=N–C) groups is 1. The average molecular weight is 340 g/mol. The first-order chi connectivity index (χ1) is 10.9. The van der Waals surface area contributed by atoms with E-state index in [2.05, 4.69) is 26.7 Å². The van der Waals surface area contributed by atoms with Gasteiger partial charge < -0.3 is 14.9 Å². The van der Waals surface area contributed by atoms with Crippen molar-refractivity contribution in [1.82, 2.24) is 19.5 Å².